The Kier molecular flexibility index (Phi) is 5.00. The third kappa shape index (κ3) is 4.13. The maximum Gasteiger partial charge on any atom is 0.163 e. The van der Waals surface area contributed by atoms with Gasteiger partial charge in [-0.15, -0.1) is 0 Å². The summed E-state index contributed by atoms with van der Waals surface area (Å²) in [5, 5.41) is 1.41. The van der Waals surface area contributed by atoms with Crippen LogP contribution in [0.5, 0.6) is 0 Å². The lowest BCUT2D eigenvalue weighted by molar-refractivity contribution is -0.115. The molecule has 1 aliphatic carbocycles. The molecule has 0 saturated heterocycles. The van der Waals surface area contributed by atoms with Crippen LogP contribution in [0.15, 0.2) is 59.7 Å². The highest BCUT2D eigenvalue weighted by Gasteiger charge is 2.19. The van der Waals surface area contributed by atoms with E-state index < -0.39 is 0 Å². The van der Waals surface area contributed by atoms with Crippen molar-refractivity contribution in [2.45, 2.75) is 19.3 Å². The lowest BCUT2D eigenvalue weighted by Gasteiger charge is -2.17. The summed E-state index contributed by atoms with van der Waals surface area (Å²) in [6.07, 6.45) is 6.45. The largest absolute Gasteiger partial charge is 0.294 e. The third-order valence-electron chi connectivity index (χ3n) is 3.89. The van der Waals surface area contributed by atoms with Crippen LogP contribution in [0.4, 0.5) is 0 Å². The lowest BCUT2D eigenvalue weighted by Crippen LogP contribution is -2.11. The van der Waals surface area contributed by atoms with Gasteiger partial charge >= 0.3 is 0 Å². The minimum absolute atomic E-state index is 0.200. The zero-order valence-electron chi connectivity index (χ0n) is 12.6. The van der Waals surface area contributed by atoms with E-state index in [2.05, 4.69) is 6.08 Å². The molecular formula is C20H16Cl2O. The number of hydrogen-bond acceptors (Lipinski definition) is 1. The summed E-state index contributed by atoms with van der Waals surface area (Å²) in [5.74, 6) is 0.200. The van der Waals surface area contributed by atoms with Gasteiger partial charge in [0.15, 0.2) is 5.78 Å². The second-order valence-corrected chi connectivity index (χ2v) is 6.48. The van der Waals surface area contributed by atoms with Crippen LogP contribution in [0, 0.1) is 0 Å². The van der Waals surface area contributed by atoms with Gasteiger partial charge in [0.25, 0.3) is 0 Å². The van der Waals surface area contributed by atoms with E-state index in [0.29, 0.717) is 16.5 Å². The SMILES string of the molecule is O=C1CCCC(=Cc2ccc(Cl)cc2)C1=Cc1ccc(Cl)cc1. The standard InChI is InChI=1S/C20H16Cl2O/c21-17-8-4-14(5-9-17)12-16-2-1-3-20(23)19(16)13-15-6-10-18(22)11-7-15/h4-13H,1-3H2. The zero-order valence-corrected chi connectivity index (χ0v) is 14.1. The van der Waals surface area contributed by atoms with E-state index in [-0.39, 0.29) is 5.78 Å². The highest BCUT2D eigenvalue weighted by molar-refractivity contribution is 6.30. The van der Waals surface area contributed by atoms with Crippen LogP contribution >= 0.6 is 23.2 Å². The van der Waals surface area contributed by atoms with Crippen molar-refractivity contribution in [2.24, 2.45) is 0 Å². The van der Waals surface area contributed by atoms with E-state index in [1.807, 2.05) is 54.6 Å². The van der Waals surface area contributed by atoms with E-state index >= 15 is 0 Å². The zero-order chi connectivity index (χ0) is 16.2. The summed E-state index contributed by atoms with van der Waals surface area (Å²) >= 11 is 11.9. The first-order chi connectivity index (χ1) is 11.1. The normalized spacial score (nSPS) is 18.6. The molecular weight excluding hydrogens is 327 g/mol. The fourth-order valence-corrected chi connectivity index (χ4v) is 2.95. The van der Waals surface area contributed by atoms with Gasteiger partial charge in [-0.05, 0) is 59.9 Å². The number of allylic oxidation sites excluding steroid dienone is 2. The number of carbonyl (C=O) groups excluding carboxylic acids is 1. The molecule has 3 heteroatoms. The third-order valence-corrected chi connectivity index (χ3v) is 4.39. The number of ketones is 1. The molecule has 1 nitrogen and oxygen atoms in total. The molecule has 116 valence electrons. The summed E-state index contributed by atoms with van der Waals surface area (Å²) in [5.41, 5.74) is 3.93. The van der Waals surface area contributed by atoms with Gasteiger partial charge in [0.2, 0.25) is 0 Å². The van der Waals surface area contributed by atoms with Gasteiger partial charge in [0, 0.05) is 22.0 Å². The van der Waals surface area contributed by atoms with E-state index in [1.54, 1.807) is 0 Å². The summed E-state index contributed by atoms with van der Waals surface area (Å²) in [6.45, 7) is 0. The number of carbonyl (C=O) groups is 1. The van der Waals surface area contributed by atoms with Crippen molar-refractivity contribution in [3.05, 3.63) is 80.8 Å². The molecule has 23 heavy (non-hydrogen) atoms. The Balaban J connectivity index is 1.97. The van der Waals surface area contributed by atoms with Crippen molar-refractivity contribution >= 4 is 41.1 Å². The van der Waals surface area contributed by atoms with Crippen LogP contribution in [0.3, 0.4) is 0 Å². The first-order valence-electron chi connectivity index (χ1n) is 7.59. The number of Topliss-reactive ketones (excluding diaryl/α,β-unsaturated/α-hetero) is 1. The maximum atomic E-state index is 12.4. The summed E-state index contributed by atoms with van der Waals surface area (Å²) in [7, 11) is 0. The molecule has 1 aliphatic rings. The molecule has 0 aromatic heterocycles. The molecule has 1 fully saturated rings. The maximum absolute atomic E-state index is 12.4. The molecule has 0 spiro atoms. The van der Waals surface area contributed by atoms with Crippen LogP contribution in [0.2, 0.25) is 10.0 Å². The van der Waals surface area contributed by atoms with Gasteiger partial charge in [-0.2, -0.15) is 0 Å². The lowest BCUT2D eigenvalue weighted by atomic mass is 9.86. The van der Waals surface area contributed by atoms with Crippen LogP contribution in [0.1, 0.15) is 30.4 Å². The number of rotatable bonds is 2. The van der Waals surface area contributed by atoms with E-state index in [4.69, 9.17) is 23.2 Å². The minimum atomic E-state index is 0.200. The molecule has 3 rings (SSSR count). The number of halogens is 2. The average molecular weight is 343 g/mol. The van der Waals surface area contributed by atoms with Gasteiger partial charge < -0.3 is 0 Å². The topological polar surface area (TPSA) is 17.1 Å². The first-order valence-corrected chi connectivity index (χ1v) is 8.34. The van der Waals surface area contributed by atoms with Crippen LogP contribution in [0.25, 0.3) is 12.2 Å². The molecule has 0 bridgehead atoms. The van der Waals surface area contributed by atoms with Crippen molar-refractivity contribution in [1.82, 2.24) is 0 Å². The molecule has 0 amide bonds. The van der Waals surface area contributed by atoms with Crippen molar-refractivity contribution in [3.8, 4) is 0 Å². The Morgan fingerprint density at radius 2 is 1.26 bits per heavy atom. The van der Waals surface area contributed by atoms with Crippen molar-refractivity contribution < 1.29 is 4.79 Å². The Morgan fingerprint density at radius 1 is 0.739 bits per heavy atom. The van der Waals surface area contributed by atoms with Crippen molar-refractivity contribution in [2.75, 3.05) is 0 Å². The van der Waals surface area contributed by atoms with Crippen LogP contribution in [-0.2, 0) is 4.79 Å². The van der Waals surface area contributed by atoms with Gasteiger partial charge in [-0.3, -0.25) is 4.79 Å². The van der Waals surface area contributed by atoms with Crippen LogP contribution in [-0.4, -0.2) is 5.78 Å². The Hall–Kier alpha value is -1.83. The van der Waals surface area contributed by atoms with E-state index in [1.165, 1.54) is 0 Å². The smallest absolute Gasteiger partial charge is 0.163 e. The van der Waals surface area contributed by atoms with Crippen LogP contribution < -0.4 is 0 Å². The second-order valence-electron chi connectivity index (χ2n) is 5.61. The molecule has 2 aromatic rings. The van der Waals surface area contributed by atoms with Gasteiger partial charge in [-0.1, -0.05) is 53.5 Å². The Labute approximate surface area is 146 Å². The molecule has 1 saturated carbocycles. The second kappa shape index (κ2) is 7.16. The molecule has 2 aromatic carbocycles. The number of benzene rings is 2. The number of hydrogen-bond donors (Lipinski definition) is 0. The monoisotopic (exact) mass is 342 g/mol. The molecule has 0 radical (unpaired) electrons. The van der Waals surface area contributed by atoms with Gasteiger partial charge in [0.05, 0.1) is 0 Å². The highest BCUT2D eigenvalue weighted by Crippen LogP contribution is 2.30. The summed E-state index contributed by atoms with van der Waals surface area (Å²) in [4.78, 5) is 12.4. The predicted molar refractivity (Wildman–Crippen MR) is 97.7 cm³/mol. The Morgan fingerprint density at radius 3 is 1.83 bits per heavy atom. The van der Waals surface area contributed by atoms with Crippen molar-refractivity contribution in [3.63, 3.8) is 0 Å². The summed E-state index contributed by atoms with van der Waals surface area (Å²) in [6, 6.07) is 15.2. The van der Waals surface area contributed by atoms with Gasteiger partial charge in [0.1, 0.15) is 0 Å². The fourth-order valence-electron chi connectivity index (χ4n) is 2.70. The van der Waals surface area contributed by atoms with Gasteiger partial charge in [-0.25, -0.2) is 0 Å². The molecule has 0 heterocycles. The molecule has 0 aliphatic heterocycles. The summed E-state index contributed by atoms with van der Waals surface area (Å²) < 4.78 is 0. The molecule has 0 unspecified atom stereocenters. The van der Waals surface area contributed by atoms with Crippen molar-refractivity contribution in [1.29, 1.82) is 0 Å². The minimum Gasteiger partial charge on any atom is -0.294 e. The highest BCUT2D eigenvalue weighted by atomic mass is 35.5. The Bertz CT molecular complexity index is 768. The first kappa shape index (κ1) is 16.0. The molecule has 0 atom stereocenters. The van der Waals surface area contributed by atoms with E-state index in [9.17, 15) is 4.79 Å². The quantitative estimate of drug-likeness (QED) is 0.592. The molecule has 0 N–H and O–H groups in total. The predicted octanol–water partition coefficient (Wildman–Crippen LogP) is 6.21. The fraction of sp³-hybridized carbons (Fsp3) is 0.150. The van der Waals surface area contributed by atoms with E-state index in [0.717, 1.165) is 35.1 Å². The average Bonchev–Trinajstić information content (AvgIpc) is 2.55.